The van der Waals surface area contributed by atoms with Crippen LogP contribution in [0.5, 0.6) is 0 Å². The number of allylic oxidation sites excluding steroid dienone is 2. The Kier molecular flexibility index (Phi) is 4.57. The second-order valence-corrected chi connectivity index (χ2v) is 4.86. The Balaban J connectivity index is 1.91. The van der Waals surface area contributed by atoms with E-state index in [2.05, 4.69) is 24.3 Å². The van der Waals surface area contributed by atoms with E-state index in [-0.39, 0.29) is 5.91 Å². The number of hydrogen-bond donors (Lipinski definition) is 0. The fraction of sp³-hybridized carbons (Fsp3) is 0.438. The molecular weight excluding hydrogens is 222 g/mol. The molecule has 0 saturated carbocycles. The molecule has 0 radical (unpaired) electrons. The zero-order chi connectivity index (χ0) is 12.8. The number of carbonyl (C=O) groups is 1. The van der Waals surface area contributed by atoms with Gasteiger partial charge in [0.1, 0.15) is 0 Å². The number of benzene rings is 1. The largest absolute Gasteiger partial charge is 0.339 e. The molecule has 0 bridgehead atoms. The molecule has 18 heavy (non-hydrogen) atoms. The van der Waals surface area contributed by atoms with Crippen LogP contribution in [0, 0.1) is 5.92 Å². The summed E-state index contributed by atoms with van der Waals surface area (Å²) in [7, 11) is 0. The summed E-state index contributed by atoms with van der Waals surface area (Å²) < 4.78 is 0. The van der Waals surface area contributed by atoms with Gasteiger partial charge in [0.05, 0.1) is 0 Å². The zero-order valence-corrected chi connectivity index (χ0v) is 11.0. The summed E-state index contributed by atoms with van der Waals surface area (Å²) in [4.78, 5) is 14.2. The van der Waals surface area contributed by atoms with Crippen LogP contribution in [0.25, 0.3) is 0 Å². The maximum Gasteiger partial charge on any atom is 0.223 e. The molecule has 0 spiro atoms. The summed E-state index contributed by atoms with van der Waals surface area (Å²) in [6, 6.07) is 10.2. The van der Waals surface area contributed by atoms with Crippen molar-refractivity contribution >= 4 is 5.91 Å². The summed E-state index contributed by atoms with van der Waals surface area (Å²) in [5, 5.41) is 0. The highest BCUT2D eigenvalue weighted by Gasteiger charge is 2.18. The third-order valence-electron chi connectivity index (χ3n) is 3.50. The number of amides is 1. The molecule has 0 fully saturated rings. The molecular formula is C16H21NO. The lowest BCUT2D eigenvalue weighted by atomic mass is 10.0. The maximum atomic E-state index is 12.2. The highest BCUT2D eigenvalue weighted by atomic mass is 16.2. The predicted octanol–water partition coefficient (Wildman–Crippen LogP) is 3.39. The lowest BCUT2D eigenvalue weighted by Crippen LogP contribution is -2.31. The summed E-state index contributed by atoms with van der Waals surface area (Å²) in [5.41, 5.74) is 1.20. The monoisotopic (exact) mass is 243 g/mol. The van der Waals surface area contributed by atoms with Crippen LogP contribution in [-0.4, -0.2) is 17.4 Å². The van der Waals surface area contributed by atoms with Crippen molar-refractivity contribution in [2.75, 3.05) is 6.54 Å². The van der Waals surface area contributed by atoms with Crippen molar-refractivity contribution in [2.24, 2.45) is 5.92 Å². The first-order valence-electron chi connectivity index (χ1n) is 6.78. The molecule has 0 heterocycles. The van der Waals surface area contributed by atoms with Gasteiger partial charge in [-0.25, -0.2) is 0 Å². The van der Waals surface area contributed by atoms with Gasteiger partial charge in [0.15, 0.2) is 0 Å². The van der Waals surface area contributed by atoms with E-state index in [9.17, 15) is 4.79 Å². The minimum absolute atomic E-state index is 0.276. The summed E-state index contributed by atoms with van der Waals surface area (Å²) in [5.74, 6) is 0.736. The topological polar surface area (TPSA) is 20.3 Å². The van der Waals surface area contributed by atoms with Crippen molar-refractivity contribution in [1.29, 1.82) is 0 Å². The molecule has 0 N–H and O–H groups in total. The van der Waals surface area contributed by atoms with Crippen molar-refractivity contribution in [3.63, 3.8) is 0 Å². The number of hydrogen-bond acceptors (Lipinski definition) is 1. The van der Waals surface area contributed by atoms with Crippen LogP contribution in [0.15, 0.2) is 42.5 Å². The zero-order valence-electron chi connectivity index (χ0n) is 11.0. The second-order valence-electron chi connectivity index (χ2n) is 4.86. The standard InChI is InChI=1S/C16H21NO/c1-2-17(13-15-10-4-3-5-11-15)16(18)12-14-8-6-7-9-14/h3-6,8,10-11,14H,2,7,9,12-13H2,1H3. The first-order valence-corrected chi connectivity index (χ1v) is 6.78. The molecule has 1 amide bonds. The molecule has 1 unspecified atom stereocenters. The van der Waals surface area contributed by atoms with Gasteiger partial charge in [0.2, 0.25) is 5.91 Å². The van der Waals surface area contributed by atoms with E-state index in [1.165, 1.54) is 5.56 Å². The molecule has 2 rings (SSSR count). The molecule has 0 aromatic heterocycles. The lowest BCUT2D eigenvalue weighted by molar-refractivity contribution is -0.132. The van der Waals surface area contributed by atoms with Crippen LogP contribution in [0.4, 0.5) is 0 Å². The molecule has 96 valence electrons. The van der Waals surface area contributed by atoms with Gasteiger partial charge in [0, 0.05) is 19.5 Å². The van der Waals surface area contributed by atoms with Crippen LogP contribution in [-0.2, 0) is 11.3 Å². The minimum Gasteiger partial charge on any atom is -0.339 e. The fourth-order valence-corrected chi connectivity index (χ4v) is 2.40. The van der Waals surface area contributed by atoms with Gasteiger partial charge in [-0.05, 0) is 31.2 Å². The van der Waals surface area contributed by atoms with Gasteiger partial charge in [-0.15, -0.1) is 0 Å². The second kappa shape index (κ2) is 6.39. The number of nitrogens with zero attached hydrogens (tertiary/aromatic N) is 1. The Bertz CT molecular complexity index is 410. The van der Waals surface area contributed by atoms with Gasteiger partial charge in [-0.3, -0.25) is 4.79 Å². The molecule has 1 atom stereocenters. The molecule has 1 aliphatic rings. The van der Waals surface area contributed by atoms with Crippen LogP contribution in [0.3, 0.4) is 0 Å². The maximum absolute atomic E-state index is 12.2. The number of rotatable bonds is 5. The van der Waals surface area contributed by atoms with E-state index in [1.54, 1.807) is 0 Å². The van der Waals surface area contributed by atoms with E-state index in [4.69, 9.17) is 0 Å². The van der Waals surface area contributed by atoms with E-state index >= 15 is 0 Å². The Morgan fingerprint density at radius 2 is 2.11 bits per heavy atom. The first kappa shape index (κ1) is 12.9. The summed E-state index contributed by atoms with van der Waals surface area (Å²) >= 11 is 0. The van der Waals surface area contributed by atoms with Gasteiger partial charge in [0.25, 0.3) is 0 Å². The van der Waals surface area contributed by atoms with E-state index in [0.29, 0.717) is 12.3 Å². The third kappa shape index (κ3) is 3.46. The molecule has 0 saturated heterocycles. The molecule has 0 aliphatic heterocycles. The van der Waals surface area contributed by atoms with Crippen molar-refractivity contribution in [3.8, 4) is 0 Å². The van der Waals surface area contributed by atoms with E-state index in [0.717, 1.165) is 25.9 Å². The highest BCUT2D eigenvalue weighted by Crippen LogP contribution is 2.21. The van der Waals surface area contributed by atoms with Crippen molar-refractivity contribution < 1.29 is 4.79 Å². The third-order valence-corrected chi connectivity index (χ3v) is 3.50. The molecule has 1 aromatic rings. The SMILES string of the molecule is CCN(Cc1ccccc1)C(=O)CC1C=CCC1. The molecule has 2 nitrogen and oxygen atoms in total. The van der Waals surface area contributed by atoms with Crippen LogP contribution in [0.2, 0.25) is 0 Å². The molecule has 1 aromatic carbocycles. The number of carbonyl (C=O) groups excluding carboxylic acids is 1. The summed E-state index contributed by atoms with van der Waals surface area (Å²) in [6.07, 6.45) is 7.30. The Morgan fingerprint density at radius 1 is 1.33 bits per heavy atom. The van der Waals surface area contributed by atoms with Crippen molar-refractivity contribution in [3.05, 3.63) is 48.0 Å². The van der Waals surface area contributed by atoms with Crippen molar-refractivity contribution in [2.45, 2.75) is 32.7 Å². The summed E-state index contributed by atoms with van der Waals surface area (Å²) in [6.45, 7) is 3.56. The quantitative estimate of drug-likeness (QED) is 0.726. The average molecular weight is 243 g/mol. The fourth-order valence-electron chi connectivity index (χ4n) is 2.40. The average Bonchev–Trinajstić information content (AvgIpc) is 2.90. The van der Waals surface area contributed by atoms with Crippen LogP contribution < -0.4 is 0 Å². The first-order chi connectivity index (χ1) is 8.79. The van der Waals surface area contributed by atoms with Gasteiger partial charge in [-0.1, -0.05) is 42.5 Å². The van der Waals surface area contributed by atoms with Crippen molar-refractivity contribution in [1.82, 2.24) is 4.90 Å². The molecule has 1 aliphatic carbocycles. The Hall–Kier alpha value is -1.57. The molecule has 2 heteroatoms. The van der Waals surface area contributed by atoms with Gasteiger partial charge < -0.3 is 4.90 Å². The highest BCUT2D eigenvalue weighted by molar-refractivity contribution is 5.76. The van der Waals surface area contributed by atoms with E-state index < -0.39 is 0 Å². The Morgan fingerprint density at radius 3 is 2.72 bits per heavy atom. The van der Waals surface area contributed by atoms with Gasteiger partial charge in [-0.2, -0.15) is 0 Å². The lowest BCUT2D eigenvalue weighted by Gasteiger charge is -2.22. The van der Waals surface area contributed by atoms with Crippen LogP contribution in [0.1, 0.15) is 31.7 Å². The normalized spacial score (nSPS) is 17.9. The smallest absolute Gasteiger partial charge is 0.223 e. The predicted molar refractivity (Wildman–Crippen MR) is 74.0 cm³/mol. The van der Waals surface area contributed by atoms with Crippen LogP contribution >= 0.6 is 0 Å². The van der Waals surface area contributed by atoms with Gasteiger partial charge >= 0.3 is 0 Å². The van der Waals surface area contributed by atoms with E-state index in [1.807, 2.05) is 30.0 Å². The Labute approximate surface area is 109 Å². The minimum atomic E-state index is 0.276.